The van der Waals surface area contributed by atoms with Gasteiger partial charge in [0.1, 0.15) is 5.82 Å². The number of aromatic carboxylic acids is 1. The molecule has 1 aromatic heterocycles. The van der Waals surface area contributed by atoms with Crippen molar-refractivity contribution in [3.63, 3.8) is 0 Å². The Morgan fingerprint density at radius 1 is 1.25 bits per heavy atom. The fourth-order valence-corrected chi connectivity index (χ4v) is 3.33. The molecule has 0 aliphatic heterocycles. The molecule has 1 aliphatic carbocycles. The Hall–Kier alpha value is -2.32. The van der Waals surface area contributed by atoms with Gasteiger partial charge < -0.3 is 5.11 Å². The number of nitrogens with zero attached hydrogens (tertiary/aromatic N) is 2. The van der Waals surface area contributed by atoms with Crippen molar-refractivity contribution in [3.05, 3.63) is 53.6 Å². The van der Waals surface area contributed by atoms with Crippen LogP contribution in [0.5, 0.6) is 0 Å². The molecule has 24 heavy (non-hydrogen) atoms. The van der Waals surface area contributed by atoms with Crippen LogP contribution < -0.4 is 4.72 Å². The summed E-state index contributed by atoms with van der Waals surface area (Å²) in [6, 6.07) is 5.25. The summed E-state index contributed by atoms with van der Waals surface area (Å²) in [4.78, 5) is 19.4. The Bertz CT molecular complexity index is 846. The van der Waals surface area contributed by atoms with Gasteiger partial charge in [-0.15, -0.1) is 0 Å². The van der Waals surface area contributed by atoms with Gasteiger partial charge in [0.15, 0.2) is 0 Å². The number of benzene rings is 1. The molecule has 0 radical (unpaired) electrons. The first kappa shape index (κ1) is 16.5. The van der Waals surface area contributed by atoms with Gasteiger partial charge in [-0.1, -0.05) is 6.07 Å². The zero-order valence-electron chi connectivity index (χ0n) is 12.8. The summed E-state index contributed by atoms with van der Waals surface area (Å²) in [5.41, 5.74) is 0.781. The van der Waals surface area contributed by atoms with Crippen molar-refractivity contribution in [3.8, 4) is 0 Å². The molecule has 0 amide bonds. The maximum Gasteiger partial charge on any atom is 0.335 e. The molecule has 0 bridgehead atoms. The number of aromatic nitrogens is 2. The van der Waals surface area contributed by atoms with Crippen LogP contribution in [0, 0.1) is 0 Å². The number of carboxylic acids is 1. The van der Waals surface area contributed by atoms with E-state index in [2.05, 4.69) is 14.7 Å². The van der Waals surface area contributed by atoms with E-state index >= 15 is 0 Å². The van der Waals surface area contributed by atoms with Crippen molar-refractivity contribution in [1.29, 1.82) is 0 Å². The average Bonchev–Trinajstić information content (AvgIpc) is 3.40. The number of rotatable bonds is 7. The molecule has 126 valence electrons. The van der Waals surface area contributed by atoms with Crippen LogP contribution in [0.4, 0.5) is 0 Å². The van der Waals surface area contributed by atoms with Crippen LogP contribution in [0.3, 0.4) is 0 Å². The maximum atomic E-state index is 12.2. The van der Waals surface area contributed by atoms with Crippen molar-refractivity contribution in [2.75, 3.05) is 6.54 Å². The minimum absolute atomic E-state index is 0.0669. The molecule has 1 aliphatic rings. The third-order valence-corrected chi connectivity index (χ3v) is 5.22. The van der Waals surface area contributed by atoms with Gasteiger partial charge in [0.05, 0.1) is 10.5 Å². The second-order valence-corrected chi connectivity index (χ2v) is 7.47. The Morgan fingerprint density at radius 3 is 2.58 bits per heavy atom. The molecule has 1 fully saturated rings. The van der Waals surface area contributed by atoms with Gasteiger partial charge in [-0.05, 0) is 43.0 Å². The van der Waals surface area contributed by atoms with E-state index in [4.69, 9.17) is 5.11 Å². The largest absolute Gasteiger partial charge is 0.478 e. The van der Waals surface area contributed by atoms with Crippen molar-refractivity contribution < 1.29 is 18.3 Å². The molecule has 0 saturated heterocycles. The standard InChI is InChI=1S/C16H17N3O4S/c20-16(21)13-2-1-3-14(8-13)24(22,23)19-7-6-11-9-17-15(18-10-11)12-4-5-12/h1-3,8-10,12,19H,4-7H2,(H,20,21). The molecule has 1 aromatic carbocycles. The molecule has 2 N–H and O–H groups in total. The molecule has 2 aromatic rings. The van der Waals surface area contributed by atoms with E-state index in [1.807, 2.05) is 0 Å². The van der Waals surface area contributed by atoms with E-state index in [-0.39, 0.29) is 17.0 Å². The Balaban J connectivity index is 1.60. The number of carbonyl (C=O) groups is 1. The zero-order chi connectivity index (χ0) is 17.2. The molecule has 3 rings (SSSR count). The van der Waals surface area contributed by atoms with Crippen molar-refractivity contribution in [2.45, 2.75) is 30.1 Å². The molecule has 0 atom stereocenters. The molecule has 0 unspecified atom stereocenters. The van der Waals surface area contributed by atoms with E-state index in [9.17, 15) is 13.2 Å². The van der Waals surface area contributed by atoms with E-state index in [0.717, 1.165) is 30.3 Å². The number of sulfonamides is 1. The van der Waals surface area contributed by atoms with Gasteiger partial charge in [0.2, 0.25) is 10.0 Å². The lowest BCUT2D eigenvalue weighted by molar-refractivity contribution is 0.0696. The molecule has 1 saturated carbocycles. The highest BCUT2D eigenvalue weighted by Crippen LogP contribution is 2.37. The molecular weight excluding hydrogens is 330 g/mol. The summed E-state index contributed by atoms with van der Waals surface area (Å²) in [6.07, 6.45) is 6.17. The van der Waals surface area contributed by atoms with Crippen LogP contribution in [0.2, 0.25) is 0 Å². The van der Waals surface area contributed by atoms with Crippen LogP contribution in [0.1, 0.15) is 40.5 Å². The first-order chi connectivity index (χ1) is 11.5. The van der Waals surface area contributed by atoms with E-state index in [0.29, 0.717) is 12.3 Å². The Morgan fingerprint density at radius 2 is 1.96 bits per heavy atom. The van der Waals surface area contributed by atoms with E-state index < -0.39 is 16.0 Å². The minimum atomic E-state index is -3.75. The normalized spacial score (nSPS) is 14.5. The zero-order valence-corrected chi connectivity index (χ0v) is 13.7. The van der Waals surface area contributed by atoms with Crippen molar-refractivity contribution >= 4 is 16.0 Å². The summed E-state index contributed by atoms with van der Waals surface area (Å²) in [5.74, 6) is 0.170. The SMILES string of the molecule is O=C(O)c1cccc(S(=O)(=O)NCCc2cnc(C3CC3)nc2)c1. The van der Waals surface area contributed by atoms with Gasteiger partial charge in [-0.2, -0.15) is 0 Å². The third-order valence-electron chi connectivity index (χ3n) is 3.76. The topological polar surface area (TPSA) is 109 Å². The van der Waals surface area contributed by atoms with Crippen LogP contribution in [0.15, 0.2) is 41.6 Å². The van der Waals surface area contributed by atoms with E-state index in [1.165, 1.54) is 18.2 Å². The van der Waals surface area contributed by atoms with Gasteiger partial charge in [-0.25, -0.2) is 27.9 Å². The fraction of sp³-hybridized carbons (Fsp3) is 0.312. The first-order valence-corrected chi connectivity index (χ1v) is 9.08. The summed E-state index contributed by atoms with van der Waals surface area (Å²) in [5, 5.41) is 8.94. The highest BCUT2D eigenvalue weighted by molar-refractivity contribution is 7.89. The summed E-state index contributed by atoms with van der Waals surface area (Å²) in [7, 11) is -3.75. The third kappa shape index (κ3) is 3.95. The predicted molar refractivity (Wildman–Crippen MR) is 86.3 cm³/mol. The molecule has 8 heteroatoms. The number of carboxylic acid groups (broad SMARTS) is 1. The monoisotopic (exact) mass is 347 g/mol. The van der Waals surface area contributed by atoms with Gasteiger partial charge in [0, 0.05) is 24.9 Å². The highest BCUT2D eigenvalue weighted by Gasteiger charge is 2.26. The lowest BCUT2D eigenvalue weighted by atomic mass is 10.2. The number of hydrogen-bond acceptors (Lipinski definition) is 5. The Kier molecular flexibility index (Phi) is 4.59. The quantitative estimate of drug-likeness (QED) is 0.787. The summed E-state index contributed by atoms with van der Waals surface area (Å²) < 4.78 is 26.9. The molecule has 7 nitrogen and oxygen atoms in total. The predicted octanol–water partition coefficient (Wildman–Crippen LogP) is 1.57. The van der Waals surface area contributed by atoms with Crippen LogP contribution in [-0.4, -0.2) is 36.0 Å². The summed E-state index contributed by atoms with van der Waals surface area (Å²) in [6.45, 7) is 0.186. The Labute approximate surface area is 139 Å². The number of hydrogen-bond donors (Lipinski definition) is 2. The second-order valence-electron chi connectivity index (χ2n) is 5.70. The number of nitrogens with one attached hydrogen (secondary N) is 1. The smallest absolute Gasteiger partial charge is 0.335 e. The van der Waals surface area contributed by atoms with Gasteiger partial charge in [0.25, 0.3) is 0 Å². The molecule has 1 heterocycles. The van der Waals surface area contributed by atoms with E-state index in [1.54, 1.807) is 12.4 Å². The minimum Gasteiger partial charge on any atom is -0.478 e. The first-order valence-electron chi connectivity index (χ1n) is 7.59. The van der Waals surface area contributed by atoms with Crippen molar-refractivity contribution in [2.24, 2.45) is 0 Å². The molecule has 0 spiro atoms. The molecular formula is C16H17N3O4S. The van der Waals surface area contributed by atoms with Crippen molar-refractivity contribution in [1.82, 2.24) is 14.7 Å². The maximum absolute atomic E-state index is 12.2. The second kappa shape index (κ2) is 6.66. The average molecular weight is 347 g/mol. The van der Waals surface area contributed by atoms with Gasteiger partial charge >= 0.3 is 5.97 Å². The highest BCUT2D eigenvalue weighted by atomic mass is 32.2. The van der Waals surface area contributed by atoms with Crippen LogP contribution >= 0.6 is 0 Å². The van der Waals surface area contributed by atoms with Crippen LogP contribution in [-0.2, 0) is 16.4 Å². The summed E-state index contributed by atoms with van der Waals surface area (Å²) >= 11 is 0. The van der Waals surface area contributed by atoms with Crippen LogP contribution in [0.25, 0.3) is 0 Å². The fourth-order valence-electron chi connectivity index (χ4n) is 2.26. The van der Waals surface area contributed by atoms with Gasteiger partial charge in [-0.3, -0.25) is 0 Å². The lowest BCUT2D eigenvalue weighted by Gasteiger charge is -2.07. The lowest BCUT2D eigenvalue weighted by Crippen LogP contribution is -2.26.